The zero-order valence-corrected chi connectivity index (χ0v) is 19.5. The maximum Gasteiger partial charge on any atom is 0.295 e. The molecule has 1 amide bonds. The highest BCUT2D eigenvalue weighted by Gasteiger charge is 2.46. The number of hydrogen-bond donors (Lipinski definition) is 1. The van der Waals surface area contributed by atoms with Crippen molar-refractivity contribution < 1.29 is 19.4 Å². The molecule has 1 fully saturated rings. The van der Waals surface area contributed by atoms with Crippen molar-refractivity contribution in [3.05, 3.63) is 112 Å². The summed E-state index contributed by atoms with van der Waals surface area (Å²) < 4.78 is 5.47. The molecule has 1 aromatic heterocycles. The number of likely N-dealkylation sites (tertiary alicyclic amines) is 1. The van der Waals surface area contributed by atoms with Crippen LogP contribution in [-0.2, 0) is 16.1 Å². The standard InChI is InChI=1S/C26H20Cl2N2O4/c1-2-12-34-19-8-5-17(6-9-19)24(31)22-23(18-7-10-20(27)21(28)13-18)30(26(33)25(22)32)15-16-4-3-11-29-14-16/h2-11,13-14,23,31H,1,12,15H2/t23-/m0/s1. The van der Waals surface area contributed by atoms with Crippen molar-refractivity contribution in [2.45, 2.75) is 12.6 Å². The minimum absolute atomic E-state index is 0.0351. The minimum Gasteiger partial charge on any atom is -0.507 e. The van der Waals surface area contributed by atoms with E-state index in [9.17, 15) is 14.7 Å². The van der Waals surface area contributed by atoms with E-state index in [1.54, 1.807) is 73.1 Å². The van der Waals surface area contributed by atoms with E-state index in [4.69, 9.17) is 27.9 Å². The molecule has 3 aromatic rings. The van der Waals surface area contributed by atoms with Crippen molar-refractivity contribution in [1.29, 1.82) is 0 Å². The van der Waals surface area contributed by atoms with Crippen LogP contribution >= 0.6 is 23.2 Å². The third-order valence-corrected chi connectivity index (χ3v) is 6.11. The summed E-state index contributed by atoms with van der Waals surface area (Å²) >= 11 is 12.3. The first-order chi connectivity index (χ1) is 16.4. The predicted octanol–water partition coefficient (Wildman–Crippen LogP) is 5.58. The molecule has 1 atom stereocenters. The number of Topliss-reactive ketones (excluding diaryl/α,β-unsaturated/α-hetero) is 1. The summed E-state index contributed by atoms with van der Waals surface area (Å²) in [5.41, 5.74) is 1.62. The van der Waals surface area contributed by atoms with Crippen LogP contribution in [0.2, 0.25) is 10.0 Å². The number of halogens is 2. The van der Waals surface area contributed by atoms with E-state index in [0.717, 1.165) is 5.56 Å². The lowest BCUT2D eigenvalue weighted by atomic mass is 9.95. The fraction of sp³-hybridized carbons (Fsp3) is 0.115. The molecular formula is C26H20Cl2N2O4. The summed E-state index contributed by atoms with van der Waals surface area (Å²) in [6, 6.07) is 14.1. The third-order valence-electron chi connectivity index (χ3n) is 5.37. The number of aromatic nitrogens is 1. The number of benzene rings is 2. The number of aliphatic hydroxyl groups is 1. The van der Waals surface area contributed by atoms with Gasteiger partial charge in [-0.25, -0.2) is 0 Å². The summed E-state index contributed by atoms with van der Waals surface area (Å²) in [5.74, 6) is -1.23. The van der Waals surface area contributed by atoms with E-state index in [0.29, 0.717) is 28.5 Å². The number of rotatable bonds is 7. The van der Waals surface area contributed by atoms with Gasteiger partial charge in [0.05, 0.1) is 21.7 Å². The lowest BCUT2D eigenvalue weighted by Crippen LogP contribution is -2.29. The van der Waals surface area contributed by atoms with Gasteiger partial charge in [0.15, 0.2) is 0 Å². The number of nitrogens with zero attached hydrogens (tertiary/aromatic N) is 2. The van der Waals surface area contributed by atoms with Crippen LogP contribution in [0.15, 0.2) is 85.2 Å². The van der Waals surface area contributed by atoms with Crippen molar-refractivity contribution in [1.82, 2.24) is 9.88 Å². The Morgan fingerprint density at radius 3 is 2.53 bits per heavy atom. The van der Waals surface area contributed by atoms with Crippen LogP contribution in [0.5, 0.6) is 5.75 Å². The average molecular weight is 495 g/mol. The highest BCUT2D eigenvalue weighted by atomic mass is 35.5. The molecule has 6 nitrogen and oxygen atoms in total. The van der Waals surface area contributed by atoms with E-state index >= 15 is 0 Å². The number of ketones is 1. The Balaban J connectivity index is 1.81. The summed E-state index contributed by atoms with van der Waals surface area (Å²) in [4.78, 5) is 31.7. The van der Waals surface area contributed by atoms with Gasteiger partial charge < -0.3 is 14.7 Å². The Morgan fingerprint density at radius 2 is 1.88 bits per heavy atom. The Hall–Kier alpha value is -3.61. The molecule has 0 aliphatic carbocycles. The fourth-order valence-corrected chi connectivity index (χ4v) is 4.09. The lowest BCUT2D eigenvalue weighted by molar-refractivity contribution is -0.140. The molecule has 1 saturated heterocycles. The zero-order valence-electron chi connectivity index (χ0n) is 17.9. The molecule has 8 heteroatoms. The second-order valence-electron chi connectivity index (χ2n) is 7.59. The highest BCUT2D eigenvalue weighted by molar-refractivity contribution is 6.46. The van der Waals surface area contributed by atoms with Gasteiger partial charge in [-0.2, -0.15) is 0 Å². The molecule has 0 saturated carbocycles. The van der Waals surface area contributed by atoms with E-state index < -0.39 is 17.7 Å². The van der Waals surface area contributed by atoms with Gasteiger partial charge in [-0.15, -0.1) is 0 Å². The molecule has 4 rings (SSSR count). The van der Waals surface area contributed by atoms with Gasteiger partial charge in [-0.05, 0) is 53.6 Å². The number of carbonyl (C=O) groups is 2. The molecular weight excluding hydrogens is 475 g/mol. The van der Waals surface area contributed by atoms with Crippen LogP contribution in [0.1, 0.15) is 22.7 Å². The largest absolute Gasteiger partial charge is 0.507 e. The fourth-order valence-electron chi connectivity index (χ4n) is 3.78. The minimum atomic E-state index is -0.869. The van der Waals surface area contributed by atoms with Gasteiger partial charge in [-0.1, -0.05) is 48.0 Å². The summed E-state index contributed by atoms with van der Waals surface area (Å²) in [6.07, 6.45) is 4.86. The second kappa shape index (κ2) is 10.1. The van der Waals surface area contributed by atoms with E-state index in [-0.39, 0.29) is 22.9 Å². The number of carbonyl (C=O) groups excluding carboxylic acids is 2. The zero-order chi connectivity index (χ0) is 24.2. The SMILES string of the molecule is C=CCOc1ccc(C(O)=C2C(=O)C(=O)N(Cc3cccnc3)[C@H]2c2ccc(Cl)c(Cl)c2)cc1. The Labute approximate surface area is 206 Å². The number of amides is 1. The molecule has 0 radical (unpaired) electrons. The van der Waals surface area contributed by atoms with Crippen LogP contribution in [0, 0.1) is 0 Å². The topological polar surface area (TPSA) is 79.7 Å². The van der Waals surface area contributed by atoms with Crippen molar-refractivity contribution in [2.75, 3.05) is 6.61 Å². The van der Waals surface area contributed by atoms with Gasteiger partial charge in [0.2, 0.25) is 0 Å². The molecule has 1 N–H and O–H groups in total. The quantitative estimate of drug-likeness (QED) is 0.201. The smallest absolute Gasteiger partial charge is 0.295 e. The Morgan fingerprint density at radius 1 is 1.12 bits per heavy atom. The Bertz CT molecular complexity index is 1270. The van der Waals surface area contributed by atoms with Crippen molar-refractivity contribution in [3.8, 4) is 5.75 Å². The Kier molecular flexibility index (Phi) is 7.01. The number of aliphatic hydroxyl groups excluding tert-OH is 1. The molecule has 0 bridgehead atoms. The molecule has 0 spiro atoms. The second-order valence-corrected chi connectivity index (χ2v) is 8.40. The normalized spacial score (nSPS) is 17.1. The molecule has 2 heterocycles. The van der Waals surface area contributed by atoms with Crippen LogP contribution in [0.25, 0.3) is 5.76 Å². The lowest BCUT2D eigenvalue weighted by Gasteiger charge is -2.25. The number of hydrogen-bond acceptors (Lipinski definition) is 5. The molecule has 34 heavy (non-hydrogen) atoms. The van der Waals surface area contributed by atoms with E-state index in [1.807, 2.05) is 0 Å². The van der Waals surface area contributed by atoms with E-state index in [1.165, 1.54) is 4.90 Å². The summed E-state index contributed by atoms with van der Waals surface area (Å²) in [5, 5.41) is 11.8. The third kappa shape index (κ3) is 4.69. The molecule has 1 aliphatic rings. The summed E-state index contributed by atoms with van der Waals surface area (Å²) in [7, 11) is 0. The van der Waals surface area contributed by atoms with Gasteiger partial charge >= 0.3 is 0 Å². The summed E-state index contributed by atoms with van der Waals surface area (Å²) in [6.45, 7) is 4.06. The first-order valence-electron chi connectivity index (χ1n) is 10.4. The first kappa shape index (κ1) is 23.5. The number of pyridine rings is 1. The van der Waals surface area contributed by atoms with Crippen molar-refractivity contribution in [3.63, 3.8) is 0 Å². The average Bonchev–Trinajstić information content (AvgIpc) is 3.10. The van der Waals surface area contributed by atoms with Gasteiger partial charge in [0.25, 0.3) is 11.7 Å². The van der Waals surface area contributed by atoms with Crippen LogP contribution in [0.3, 0.4) is 0 Å². The van der Waals surface area contributed by atoms with Gasteiger partial charge in [0, 0.05) is 24.5 Å². The maximum absolute atomic E-state index is 13.1. The van der Waals surface area contributed by atoms with Gasteiger partial charge in [-0.3, -0.25) is 14.6 Å². The highest BCUT2D eigenvalue weighted by Crippen LogP contribution is 2.41. The van der Waals surface area contributed by atoms with Crippen LogP contribution in [-0.4, -0.2) is 33.3 Å². The van der Waals surface area contributed by atoms with Crippen molar-refractivity contribution in [2.24, 2.45) is 0 Å². The monoisotopic (exact) mass is 494 g/mol. The predicted molar refractivity (Wildman–Crippen MR) is 131 cm³/mol. The molecule has 172 valence electrons. The van der Waals surface area contributed by atoms with Crippen LogP contribution in [0.4, 0.5) is 0 Å². The van der Waals surface area contributed by atoms with Crippen molar-refractivity contribution >= 4 is 40.7 Å². The van der Waals surface area contributed by atoms with Gasteiger partial charge in [0.1, 0.15) is 18.1 Å². The van der Waals surface area contributed by atoms with Crippen LogP contribution < -0.4 is 4.74 Å². The number of ether oxygens (including phenoxy) is 1. The van der Waals surface area contributed by atoms with E-state index in [2.05, 4.69) is 11.6 Å². The molecule has 1 aliphatic heterocycles. The first-order valence-corrected chi connectivity index (χ1v) is 11.1. The molecule has 2 aromatic carbocycles. The maximum atomic E-state index is 13.1. The molecule has 0 unspecified atom stereocenters.